The Morgan fingerprint density at radius 2 is 1.74 bits per heavy atom. The molecule has 0 bridgehead atoms. The van der Waals surface area contributed by atoms with Gasteiger partial charge in [-0.2, -0.15) is 8.78 Å². The van der Waals surface area contributed by atoms with Gasteiger partial charge >= 0.3 is 12.6 Å². The Kier molecular flexibility index (Phi) is 7.36. The summed E-state index contributed by atoms with van der Waals surface area (Å²) in [5.41, 5.74) is 2.16. The molecule has 3 amide bonds. The Hall–Kier alpha value is -3.53. The van der Waals surface area contributed by atoms with Gasteiger partial charge in [0.05, 0.1) is 5.69 Å². The van der Waals surface area contributed by atoms with Crippen LogP contribution >= 0.6 is 11.3 Å². The number of benzene rings is 2. The standard InChI is InChI=1S/C24H24F2N4O3S/c1-15-20(16-7-9-19(10-8-16)33-22(25)26)28-23(34-15)29-21(31)17-11-13-30(14-12-17)24(32)27-18-5-3-2-4-6-18/h2-10,17,22H,11-14H2,1H3,(H,27,32)(H,28,29,31). The third kappa shape index (κ3) is 5.88. The number of amides is 3. The minimum atomic E-state index is -2.88. The minimum absolute atomic E-state index is 0.0731. The van der Waals surface area contributed by atoms with Crippen molar-refractivity contribution in [3.05, 3.63) is 59.5 Å². The van der Waals surface area contributed by atoms with Crippen molar-refractivity contribution in [2.45, 2.75) is 26.4 Å². The maximum Gasteiger partial charge on any atom is 0.387 e. The number of aromatic nitrogens is 1. The number of alkyl halides is 2. The number of carbonyl (C=O) groups excluding carboxylic acids is 2. The van der Waals surface area contributed by atoms with Gasteiger partial charge in [-0.3, -0.25) is 4.79 Å². The van der Waals surface area contributed by atoms with Gasteiger partial charge < -0.3 is 20.3 Å². The van der Waals surface area contributed by atoms with E-state index in [1.165, 1.54) is 23.5 Å². The van der Waals surface area contributed by atoms with E-state index in [1.807, 2.05) is 37.3 Å². The van der Waals surface area contributed by atoms with Crippen LogP contribution in [0, 0.1) is 12.8 Å². The molecule has 0 atom stereocenters. The number of aryl methyl sites for hydroxylation is 1. The monoisotopic (exact) mass is 486 g/mol. The van der Waals surface area contributed by atoms with Crippen molar-refractivity contribution in [1.29, 1.82) is 0 Å². The lowest BCUT2D eigenvalue weighted by molar-refractivity contribution is -0.121. The molecule has 0 unspecified atom stereocenters. The summed E-state index contributed by atoms with van der Waals surface area (Å²) in [6, 6.07) is 15.3. The van der Waals surface area contributed by atoms with Crippen LogP contribution in [0.1, 0.15) is 17.7 Å². The van der Waals surface area contributed by atoms with E-state index in [0.717, 1.165) is 16.1 Å². The molecule has 1 fully saturated rings. The largest absolute Gasteiger partial charge is 0.435 e. The summed E-state index contributed by atoms with van der Waals surface area (Å²) in [6.45, 7) is -0.00714. The third-order valence-corrected chi connectivity index (χ3v) is 6.44. The smallest absolute Gasteiger partial charge is 0.387 e. The number of hydrogen-bond acceptors (Lipinski definition) is 5. The number of ether oxygens (including phenoxy) is 1. The highest BCUT2D eigenvalue weighted by atomic mass is 32.1. The van der Waals surface area contributed by atoms with Crippen molar-refractivity contribution in [1.82, 2.24) is 9.88 Å². The summed E-state index contributed by atoms with van der Waals surface area (Å²) in [7, 11) is 0. The second-order valence-electron chi connectivity index (χ2n) is 7.87. The van der Waals surface area contributed by atoms with Crippen LogP contribution in [0.3, 0.4) is 0 Å². The number of para-hydroxylation sites is 1. The van der Waals surface area contributed by atoms with Gasteiger partial charge in [-0.05, 0) is 56.2 Å². The number of nitrogens with zero attached hydrogens (tertiary/aromatic N) is 2. The van der Waals surface area contributed by atoms with E-state index in [0.29, 0.717) is 36.8 Å². The lowest BCUT2D eigenvalue weighted by Gasteiger charge is -2.31. The Bertz CT molecular complexity index is 1130. The quantitative estimate of drug-likeness (QED) is 0.475. The molecule has 2 N–H and O–H groups in total. The number of urea groups is 1. The molecule has 10 heteroatoms. The maximum absolute atomic E-state index is 12.8. The highest BCUT2D eigenvalue weighted by Gasteiger charge is 2.28. The van der Waals surface area contributed by atoms with Gasteiger partial charge in [0.1, 0.15) is 5.75 Å². The molecule has 0 radical (unpaired) electrons. The molecule has 0 spiro atoms. The van der Waals surface area contributed by atoms with Gasteiger partial charge in [-0.25, -0.2) is 9.78 Å². The number of rotatable bonds is 6. The second-order valence-corrected chi connectivity index (χ2v) is 9.08. The Morgan fingerprint density at radius 3 is 2.38 bits per heavy atom. The van der Waals surface area contributed by atoms with E-state index in [9.17, 15) is 18.4 Å². The van der Waals surface area contributed by atoms with Crippen molar-refractivity contribution in [3.8, 4) is 17.0 Å². The molecule has 3 aromatic rings. The zero-order valence-corrected chi connectivity index (χ0v) is 19.3. The number of carbonyl (C=O) groups is 2. The SMILES string of the molecule is Cc1sc(NC(=O)C2CCN(C(=O)Nc3ccccc3)CC2)nc1-c1ccc(OC(F)F)cc1. The first-order valence-electron chi connectivity index (χ1n) is 10.8. The van der Waals surface area contributed by atoms with Crippen molar-refractivity contribution >= 4 is 34.1 Å². The van der Waals surface area contributed by atoms with Gasteiger partial charge in [0.2, 0.25) is 5.91 Å². The molecule has 0 aliphatic carbocycles. The number of halogens is 2. The van der Waals surface area contributed by atoms with Gasteiger partial charge in [0.25, 0.3) is 0 Å². The Morgan fingerprint density at radius 1 is 1.06 bits per heavy atom. The highest BCUT2D eigenvalue weighted by Crippen LogP contribution is 2.32. The number of likely N-dealkylation sites (tertiary alicyclic amines) is 1. The van der Waals surface area contributed by atoms with Gasteiger partial charge in [-0.15, -0.1) is 11.3 Å². The molecule has 1 aliphatic heterocycles. The Labute approximate surface area is 199 Å². The predicted octanol–water partition coefficient (Wildman–Crippen LogP) is 5.60. The topological polar surface area (TPSA) is 83.6 Å². The number of thiazole rings is 1. The van der Waals surface area contributed by atoms with Crippen LogP contribution in [0.15, 0.2) is 54.6 Å². The normalized spacial score (nSPS) is 14.2. The van der Waals surface area contributed by atoms with Gasteiger partial charge in [0.15, 0.2) is 5.13 Å². The van der Waals surface area contributed by atoms with Crippen LogP contribution in [-0.2, 0) is 4.79 Å². The molecule has 34 heavy (non-hydrogen) atoms. The number of hydrogen-bond donors (Lipinski definition) is 2. The molecule has 2 aromatic carbocycles. The molecule has 7 nitrogen and oxygen atoms in total. The number of nitrogens with one attached hydrogen (secondary N) is 2. The first-order valence-corrected chi connectivity index (χ1v) is 11.6. The summed E-state index contributed by atoms with van der Waals surface area (Å²) >= 11 is 1.35. The van der Waals surface area contributed by atoms with Crippen molar-refractivity contribution in [2.75, 3.05) is 23.7 Å². The van der Waals surface area contributed by atoms with E-state index in [2.05, 4.69) is 20.4 Å². The summed E-state index contributed by atoms with van der Waals surface area (Å²) in [5.74, 6) is -0.257. The first-order chi connectivity index (χ1) is 16.4. The first kappa shape index (κ1) is 23.6. The zero-order chi connectivity index (χ0) is 24.1. The van der Waals surface area contributed by atoms with E-state index in [4.69, 9.17) is 0 Å². The highest BCUT2D eigenvalue weighted by molar-refractivity contribution is 7.16. The third-order valence-electron chi connectivity index (χ3n) is 5.56. The Balaban J connectivity index is 1.31. The van der Waals surface area contributed by atoms with Crippen LogP contribution in [0.25, 0.3) is 11.3 Å². The molecule has 1 aliphatic rings. The molecule has 1 saturated heterocycles. The predicted molar refractivity (Wildman–Crippen MR) is 127 cm³/mol. The number of piperidine rings is 1. The molecule has 1 aromatic heterocycles. The van der Waals surface area contributed by atoms with Crippen molar-refractivity contribution in [3.63, 3.8) is 0 Å². The molecular weight excluding hydrogens is 462 g/mol. The fourth-order valence-electron chi connectivity index (χ4n) is 3.79. The summed E-state index contributed by atoms with van der Waals surface area (Å²) in [4.78, 5) is 32.4. The maximum atomic E-state index is 12.8. The molecule has 4 rings (SSSR count). The van der Waals surface area contributed by atoms with Crippen molar-refractivity contribution < 1.29 is 23.1 Å². The van der Waals surface area contributed by atoms with Crippen LogP contribution in [-0.4, -0.2) is 41.5 Å². The summed E-state index contributed by atoms with van der Waals surface area (Å²) < 4.78 is 29.1. The molecular formula is C24H24F2N4O3S. The van der Waals surface area contributed by atoms with Crippen LogP contribution in [0.5, 0.6) is 5.75 Å². The van der Waals surface area contributed by atoms with E-state index >= 15 is 0 Å². The zero-order valence-electron chi connectivity index (χ0n) is 18.5. The average Bonchev–Trinajstić information content (AvgIpc) is 3.19. The summed E-state index contributed by atoms with van der Waals surface area (Å²) in [5, 5.41) is 6.24. The molecule has 178 valence electrons. The van der Waals surface area contributed by atoms with Crippen molar-refractivity contribution in [2.24, 2.45) is 5.92 Å². The van der Waals surface area contributed by atoms with Gasteiger partial charge in [-0.1, -0.05) is 18.2 Å². The lowest BCUT2D eigenvalue weighted by Crippen LogP contribution is -2.43. The van der Waals surface area contributed by atoms with E-state index in [1.54, 1.807) is 17.0 Å². The van der Waals surface area contributed by atoms with E-state index in [-0.39, 0.29) is 23.6 Å². The van der Waals surface area contributed by atoms with Crippen LogP contribution in [0.2, 0.25) is 0 Å². The minimum Gasteiger partial charge on any atom is -0.435 e. The summed E-state index contributed by atoms with van der Waals surface area (Å²) in [6.07, 6.45) is 1.13. The second kappa shape index (κ2) is 10.6. The lowest BCUT2D eigenvalue weighted by atomic mass is 9.96. The van der Waals surface area contributed by atoms with Crippen LogP contribution in [0.4, 0.5) is 24.4 Å². The van der Waals surface area contributed by atoms with E-state index < -0.39 is 6.61 Å². The fourth-order valence-corrected chi connectivity index (χ4v) is 4.63. The average molecular weight is 487 g/mol. The van der Waals surface area contributed by atoms with Crippen LogP contribution < -0.4 is 15.4 Å². The molecule has 2 heterocycles. The van der Waals surface area contributed by atoms with Gasteiger partial charge in [0, 0.05) is 35.1 Å². The molecule has 0 saturated carbocycles. The number of anilines is 2. The fraction of sp³-hybridized carbons (Fsp3) is 0.292.